The van der Waals surface area contributed by atoms with Crippen molar-refractivity contribution in [2.45, 2.75) is 6.92 Å². The maximum atomic E-state index is 11.8. The molecule has 19 heavy (non-hydrogen) atoms. The lowest BCUT2D eigenvalue weighted by atomic mass is 10.3. The quantitative estimate of drug-likeness (QED) is 0.862. The van der Waals surface area contributed by atoms with Crippen molar-refractivity contribution in [3.63, 3.8) is 0 Å². The first-order chi connectivity index (χ1) is 9.19. The highest BCUT2D eigenvalue weighted by molar-refractivity contribution is 7.12. The highest BCUT2D eigenvalue weighted by Crippen LogP contribution is 2.23. The number of carbonyl (C=O) groups excluding carboxylic acids is 1. The Labute approximate surface area is 116 Å². The normalized spacial score (nSPS) is 10.6. The number of benzene rings is 1. The second-order valence-corrected chi connectivity index (χ2v) is 5.29. The van der Waals surface area contributed by atoms with Gasteiger partial charge in [-0.25, -0.2) is 0 Å². The first kappa shape index (κ1) is 13.4. The molecule has 0 aliphatic carbocycles. The molecule has 0 radical (unpaired) electrons. The van der Waals surface area contributed by atoms with E-state index in [9.17, 15) is 4.79 Å². The van der Waals surface area contributed by atoms with Gasteiger partial charge in [-0.15, -0.1) is 11.3 Å². The van der Waals surface area contributed by atoms with Gasteiger partial charge in [-0.2, -0.15) is 0 Å². The van der Waals surface area contributed by atoms with E-state index >= 15 is 0 Å². The largest absolute Gasteiger partial charge is 0.495 e. The van der Waals surface area contributed by atoms with Crippen molar-refractivity contribution < 1.29 is 9.53 Å². The molecular weight excluding hydrogens is 258 g/mol. The zero-order valence-electron chi connectivity index (χ0n) is 10.8. The second kappa shape index (κ2) is 6.20. The number of para-hydroxylation sites is 2. The Kier molecular flexibility index (Phi) is 4.36. The Hall–Kier alpha value is -2.07. The summed E-state index contributed by atoms with van der Waals surface area (Å²) in [5.74, 6) is 0.478. The van der Waals surface area contributed by atoms with Crippen LogP contribution in [0.2, 0.25) is 0 Å². The molecule has 0 atom stereocenters. The number of carbonyl (C=O) groups is 1. The van der Waals surface area contributed by atoms with Gasteiger partial charge in [0.2, 0.25) is 5.91 Å². The molecule has 1 amide bonds. The molecule has 0 aliphatic rings. The predicted molar refractivity (Wildman–Crippen MR) is 79.7 cm³/mol. The monoisotopic (exact) mass is 273 g/mol. The third-order valence-corrected chi connectivity index (χ3v) is 3.49. The summed E-state index contributed by atoms with van der Waals surface area (Å²) in [4.78, 5) is 14.1. The molecule has 0 unspecified atom stereocenters. The lowest BCUT2D eigenvalue weighted by molar-refractivity contribution is -0.111. The Morgan fingerprint density at radius 3 is 2.74 bits per heavy atom. The van der Waals surface area contributed by atoms with Gasteiger partial charge in [0.1, 0.15) is 5.75 Å². The molecule has 0 spiro atoms. The Morgan fingerprint density at radius 2 is 2.05 bits per heavy atom. The van der Waals surface area contributed by atoms with Crippen LogP contribution in [0.1, 0.15) is 9.75 Å². The molecule has 0 bridgehead atoms. The second-order valence-electron chi connectivity index (χ2n) is 3.97. The van der Waals surface area contributed by atoms with Gasteiger partial charge in [0, 0.05) is 15.8 Å². The first-order valence-electron chi connectivity index (χ1n) is 5.87. The molecule has 2 aromatic rings. The third-order valence-electron chi connectivity index (χ3n) is 2.52. The lowest BCUT2D eigenvalue weighted by Crippen LogP contribution is -2.08. The molecule has 1 N–H and O–H groups in total. The molecule has 1 aromatic heterocycles. The van der Waals surface area contributed by atoms with Crippen LogP contribution in [0.25, 0.3) is 6.08 Å². The molecule has 0 saturated heterocycles. The van der Waals surface area contributed by atoms with E-state index in [1.165, 1.54) is 11.0 Å². The van der Waals surface area contributed by atoms with Crippen molar-refractivity contribution in [2.75, 3.05) is 12.4 Å². The van der Waals surface area contributed by atoms with Crippen molar-refractivity contribution in [1.29, 1.82) is 0 Å². The lowest BCUT2D eigenvalue weighted by Gasteiger charge is -2.07. The average molecular weight is 273 g/mol. The summed E-state index contributed by atoms with van der Waals surface area (Å²) in [7, 11) is 1.58. The van der Waals surface area contributed by atoms with Gasteiger partial charge < -0.3 is 10.1 Å². The minimum atomic E-state index is -0.171. The predicted octanol–water partition coefficient (Wildman–Crippen LogP) is 3.72. The summed E-state index contributed by atoms with van der Waals surface area (Å²) >= 11 is 1.65. The van der Waals surface area contributed by atoms with Crippen LogP contribution >= 0.6 is 11.3 Å². The fourth-order valence-corrected chi connectivity index (χ4v) is 2.40. The van der Waals surface area contributed by atoms with Crippen LogP contribution in [0.3, 0.4) is 0 Å². The molecule has 0 aliphatic heterocycles. The summed E-state index contributed by atoms with van der Waals surface area (Å²) in [6.07, 6.45) is 3.33. The van der Waals surface area contributed by atoms with E-state index in [0.717, 1.165) is 4.88 Å². The number of anilines is 1. The smallest absolute Gasteiger partial charge is 0.248 e. The van der Waals surface area contributed by atoms with E-state index in [1.54, 1.807) is 24.5 Å². The minimum Gasteiger partial charge on any atom is -0.495 e. The summed E-state index contributed by atoms with van der Waals surface area (Å²) in [6, 6.07) is 11.3. The number of methoxy groups -OCH3 is 1. The van der Waals surface area contributed by atoms with Gasteiger partial charge in [-0.05, 0) is 37.3 Å². The molecule has 0 saturated carbocycles. The first-order valence-corrected chi connectivity index (χ1v) is 6.69. The SMILES string of the molecule is COc1ccccc1NC(=O)C=Cc1ccc(C)s1. The highest BCUT2D eigenvalue weighted by atomic mass is 32.1. The Bertz CT molecular complexity index is 602. The number of amides is 1. The number of hydrogen-bond acceptors (Lipinski definition) is 3. The van der Waals surface area contributed by atoms with Crippen LogP contribution in [0.15, 0.2) is 42.5 Å². The molecule has 1 heterocycles. The Balaban J connectivity index is 2.03. The topological polar surface area (TPSA) is 38.3 Å². The fraction of sp³-hybridized carbons (Fsp3) is 0.133. The average Bonchev–Trinajstić information content (AvgIpc) is 2.83. The summed E-state index contributed by atoms with van der Waals surface area (Å²) in [6.45, 7) is 2.04. The number of ether oxygens (including phenoxy) is 1. The number of aryl methyl sites for hydroxylation is 1. The maximum Gasteiger partial charge on any atom is 0.248 e. The van der Waals surface area contributed by atoms with Crippen LogP contribution in [0.4, 0.5) is 5.69 Å². The van der Waals surface area contributed by atoms with E-state index < -0.39 is 0 Å². The molecule has 0 fully saturated rings. The van der Waals surface area contributed by atoms with Crippen LogP contribution in [-0.2, 0) is 4.79 Å². The van der Waals surface area contributed by atoms with Gasteiger partial charge in [0.05, 0.1) is 12.8 Å². The van der Waals surface area contributed by atoms with Gasteiger partial charge in [-0.1, -0.05) is 12.1 Å². The van der Waals surface area contributed by atoms with Gasteiger partial charge >= 0.3 is 0 Å². The van der Waals surface area contributed by atoms with Crippen molar-refractivity contribution in [3.8, 4) is 5.75 Å². The van der Waals surface area contributed by atoms with Crippen LogP contribution in [-0.4, -0.2) is 13.0 Å². The van der Waals surface area contributed by atoms with Gasteiger partial charge in [-0.3, -0.25) is 4.79 Å². The number of hydrogen-bond donors (Lipinski definition) is 1. The number of nitrogens with one attached hydrogen (secondary N) is 1. The van der Waals surface area contributed by atoms with E-state index in [2.05, 4.69) is 5.32 Å². The van der Waals surface area contributed by atoms with Crippen LogP contribution in [0.5, 0.6) is 5.75 Å². The van der Waals surface area contributed by atoms with Crippen LogP contribution < -0.4 is 10.1 Å². The number of thiophene rings is 1. The van der Waals surface area contributed by atoms with E-state index in [-0.39, 0.29) is 5.91 Å². The summed E-state index contributed by atoms with van der Waals surface area (Å²) in [5, 5.41) is 2.79. The van der Waals surface area contributed by atoms with Crippen molar-refractivity contribution in [1.82, 2.24) is 0 Å². The number of rotatable bonds is 4. The van der Waals surface area contributed by atoms with E-state index in [4.69, 9.17) is 4.74 Å². The fourth-order valence-electron chi connectivity index (χ4n) is 1.62. The molecule has 1 aromatic carbocycles. The molecular formula is C15H15NO2S. The van der Waals surface area contributed by atoms with Gasteiger partial charge in [0.25, 0.3) is 0 Å². The van der Waals surface area contributed by atoms with Crippen molar-refractivity contribution >= 4 is 29.0 Å². The standard InChI is InChI=1S/C15H15NO2S/c1-11-7-8-12(19-11)9-10-15(17)16-13-5-3-4-6-14(13)18-2/h3-10H,1-2H3,(H,16,17). The summed E-state index contributed by atoms with van der Waals surface area (Å²) in [5.41, 5.74) is 0.669. The molecule has 2 rings (SSSR count). The Morgan fingerprint density at radius 1 is 1.26 bits per heavy atom. The molecule has 98 valence electrons. The zero-order valence-corrected chi connectivity index (χ0v) is 11.7. The van der Waals surface area contributed by atoms with Crippen molar-refractivity contribution in [2.24, 2.45) is 0 Å². The highest BCUT2D eigenvalue weighted by Gasteiger charge is 2.03. The molecule has 3 nitrogen and oxygen atoms in total. The summed E-state index contributed by atoms with van der Waals surface area (Å²) < 4.78 is 5.18. The minimum absolute atomic E-state index is 0.171. The molecule has 4 heteroatoms. The van der Waals surface area contributed by atoms with Crippen LogP contribution in [0, 0.1) is 6.92 Å². The zero-order chi connectivity index (χ0) is 13.7. The van der Waals surface area contributed by atoms with Crippen molar-refractivity contribution in [3.05, 3.63) is 52.2 Å². The maximum absolute atomic E-state index is 11.8. The van der Waals surface area contributed by atoms with E-state index in [0.29, 0.717) is 11.4 Å². The van der Waals surface area contributed by atoms with E-state index in [1.807, 2.05) is 43.3 Å². The van der Waals surface area contributed by atoms with Gasteiger partial charge in [0.15, 0.2) is 0 Å². The third kappa shape index (κ3) is 3.69.